The topological polar surface area (TPSA) is 70.6 Å². The first kappa shape index (κ1) is 18.6. The van der Waals surface area contributed by atoms with Crippen LogP contribution >= 0.6 is 0 Å². The van der Waals surface area contributed by atoms with E-state index in [1.165, 1.54) is 5.57 Å². The molecule has 0 unspecified atom stereocenters. The zero-order valence-electron chi connectivity index (χ0n) is 14.5. The van der Waals surface area contributed by atoms with Crippen LogP contribution in [0.1, 0.15) is 47.5 Å². The number of amides is 1. The predicted molar refractivity (Wildman–Crippen MR) is 88.5 cm³/mol. The molecule has 1 atom stereocenters. The van der Waals surface area contributed by atoms with Gasteiger partial charge in [-0.25, -0.2) is 4.79 Å². The van der Waals surface area contributed by atoms with Crippen molar-refractivity contribution in [2.75, 3.05) is 19.7 Å². The summed E-state index contributed by atoms with van der Waals surface area (Å²) in [6, 6.07) is 0. The summed E-state index contributed by atoms with van der Waals surface area (Å²) >= 11 is 0. The van der Waals surface area contributed by atoms with E-state index in [9.17, 15) is 9.90 Å². The lowest BCUT2D eigenvalue weighted by atomic mass is 9.84. The van der Waals surface area contributed by atoms with Gasteiger partial charge in [-0.1, -0.05) is 11.6 Å². The maximum Gasteiger partial charge on any atom is 0.407 e. The van der Waals surface area contributed by atoms with E-state index in [2.05, 4.69) is 10.6 Å². The highest BCUT2D eigenvalue weighted by molar-refractivity contribution is 5.67. The first-order chi connectivity index (χ1) is 10.2. The van der Waals surface area contributed by atoms with E-state index in [-0.39, 0.29) is 18.1 Å². The monoisotopic (exact) mass is 310 g/mol. The Kier molecular flexibility index (Phi) is 6.48. The van der Waals surface area contributed by atoms with Crippen molar-refractivity contribution >= 4 is 6.09 Å². The van der Waals surface area contributed by atoms with Gasteiger partial charge in [-0.3, -0.25) is 0 Å². The highest BCUT2D eigenvalue weighted by Crippen LogP contribution is 2.37. The summed E-state index contributed by atoms with van der Waals surface area (Å²) in [7, 11) is 0. The maximum absolute atomic E-state index is 11.5. The molecule has 1 amide bonds. The molecular weight excluding hydrogens is 280 g/mol. The van der Waals surface area contributed by atoms with E-state index >= 15 is 0 Å². The number of hydrogen-bond acceptors (Lipinski definition) is 4. The third kappa shape index (κ3) is 5.37. The van der Waals surface area contributed by atoms with Crippen molar-refractivity contribution in [1.82, 2.24) is 10.6 Å². The van der Waals surface area contributed by atoms with Crippen molar-refractivity contribution < 1.29 is 14.6 Å². The molecule has 0 radical (unpaired) electrons. The molecule has 0 saturated heterocycles. The van der Waals surface area contributed by atoms with Crippen LogP contribution in [-0.2, 0) is 4.74 Å². The SMILES string of the molecule is CC1=CC=C(NCCCCNC(=O)OC(C)(C)C)[C@@]1(C)CO. The van der Waals surface area contributed by atoms with Gasteiger partial charge in [-0.05, 0) is 53.5 Å². The van der Waals surface area contributed by atoms with Gasteiger partial charge in [0.05, 0.1) is 12.0 Å². The van der Waals surface area contributed by atoms with Gasteiger partial charge in [0.25, 0.3) is 0 Å². The molecule has 0 spiro atoms. The summed E-state index contributed by atoms with van der Waals surface area (Å²) in [4.78, 5) is 11.5. The largest absolute Gasteiger partial charge is 0.444 e. The molecular formula is C17H30N2O3. The number of unbranched alkanes of at least 4 members (excludes halogenated alkanes) is 1. The Hall–Kier alpha value is -1.49. The van der Waals surface area contributed by atoms with E-state index in [0.29, 0.717) is 6.54 Å². The fraction of sp³-hybridized carbons (Fsp3) is 0.706. The molecule has 1 aliphatic carbocycles. The van der Waals surface area contributed by atoms with Gasteiger partial charge < -0.3 is 20.5 Å². The molecule has 3 N–H and O–H groups in total. The normalized spacial score (nSPS) is 21.2. The van der Waals surface area contributed by atoms with Crippen LogP contribution in [0, 0.1) is 5.41 Å². The Bertz CT molecular complexity index is 449. The third-order valence-corrected chi connectivity index (χ3v) is 3.87. The van der Waals surface area contributed by atoms with Crippen LogP contribution in [0.3, 0.4) is 0 Å². The molecule has 1 aliphatic rings. The number of aliphatic hydroxyl groups is 1. The Labute approximate surface area is 133 Å². The molecule has 0 aromatic carbocycles. The van der Waals surface area contributed by atoms with Gasteiger partial charge in [-0.2, -0.15) is 0 Å². The van der Waals surface area contributed by atoms with Crippen LogP contribution in [0.15, 0.2) is 23.4 Å². The van der Waals surface area contributed by atoms with Gasteiger partial charge in [0.1, 0.15) is 5.60 Å². The van der Waals surface area contributed by atoms with E-state index in [4.69, 9.17) is 4.74 Å². The van der Waals surface area contributed by atoms with Crippen LogP contribution in [0.5, 0.6) is 0 Å². The summed E-state index contributed by atoms with van der Waals surface area (Å²) in [5, 5.41) is 15.7. The van der Waals surface area contributed by atoms with Crippen LogP contribution in [-0.4, -0.2) is 36.5 Å². The van der Waals surface area contributed by atoms with Crippen molar-refractivity contribution in [3.05, 3.63) is 23.4 Å². The summed E-state index contributed by atoms with van der Waals surface area (Å²) in [5.74, 6) is 0. The average molecular weight is 310 g/mol. The average Bonchev–Trinajstić information content (AvgIpc) is 2.69. The second-order valence-corrected chi connectivity index (χ2v) is 6.98. The molecule has 126 valence electrons. The fourth-order valence-corrected chi connectivity index (χ4v) is 2.23. The van der Waals surface area contributed by atoms with Crippen molar-refractivity contribution in [2.24, 2.45) is 5.41 Å². The Morgan fingerprint density at radius 2 is 1.91 bits per heavy atom. The van der Waals surface area contributed by atoms with E-state index in [1.807, 2.05) is 46.8 Å². The van der Waals surface area contributed by atoms with Crippen LogP contribution < -0.4 is 10.6 Å². The van der Waals surface area contributed by atoms with E-state index < -0.39 is 5.60 Å². The Morgan fingerprint density at radius 3 is 2.50 bits per heavy atom. The summed E-state index contributed by atoms with van der Waals surface area (Å²) in [6.07, 6.45) is 5.52. The molecule has 0 aliphatic heterocycles. The lowest BCUT2D eigenvalue weighted by molar-refractivity contribution is 0.0527. The third-order valence-electron chi connectivity index (χ3n) is 3.87. The molecule has 22 heavy (non-hydrogen) atoms. The number of aliphatic hydroxyl groups excluding tert-OH is 1. The second-order valence-electron chi connectivity index (χ2n) is 6.98. The number of nitrogens with one attached hydrogen (secondary N) is 2. The highest BCUT2D eigenvalue weighted by Gasteiger charge is 2.32. The van der Waals surface area contributed by atoms with Gasteiger partial charge in [0.15, 0.2) is 0 Å². The molecule has 5 nitrogen and oxygen atoms in total. The van der Waals surface area contributed by atoms with Crippen molar-refractivity contribution in [2.45, 2.75) is 53.1 Å². The predicted octanol–water partition coefficient (Wildman–Crippen LogP) is 2.72. The lowest BCUT2D eigenvalue weighted by Crippen LogP contribution is -2.34. The second kappa shape index (κ2) is 7.68. The number of carbonyl (C=O) groups excluding carboxylic acids is 1. The van der Waals surface area contributed by atoms with Gasteiger partial charge in [0, 0.05) is 18.8 Å². The zero-order valence-corrected chi connectivity index (χ0v) is 14.5. The molecule has 0 heterocycles. The van der Waals surface area contributed by atoms with Crippen LogP contribution in [0.2, 0.25) is 0 Å². The van der Waals surface area contributed by atoms with Crippen LogP contribution in [0.4, 0.5) is 4.79 Å². The summed E-state index contributed by atoms with van der Waals surface area (Å²) in [6.45, 7) is 11.1. The summed E-state index contributed by atoms with van der Waals surface area (Å²) in [5.41, 5.74) is 1.49. The van der Waals surface area contributed by atoms with E-state index in [0.717, 1.165) is 25.1 Å². The van der Waals surface area contributed by atoms with E-state index in [1.54, 1.807) is 0 Å². The van der Waals surface area contributed by atoms with Gasteiger partial charge in [0.2, 0.25) is 0 Å². The quantitative estimate of drug-likeness (QED) is 0.632. The standard InChI is InChI=1S/C17H30N2O3/c1-13-8-9-14(17(13,5)12-20)18-10-6-7-11-19-15(21)22-16(2,3)4/h8-9,18,20H,6-7,10-12H2,1-5H3,(H,19,21)/t17-/m0/s1. The minimum atomic E-state index is -0.458. The molecule has 0 bridgehead atoms. The maximum atomic E-state index is 11.5. The Morgan fingerprint density at radius 1 is 1.27 bits per heavy atom. The molecule has 0 aromatic heterocycles. The van der Waals surface area contributed by atoms with Crippen LogP contribution in [0.25, 0.3) is 0 Å². The number of ether oxygens (including phenoxy) is 1. The summed E-state index contributed by atoms with van der Waals surface area (Å²) < 4.78 is 5.17. The first-order valence-electron chi connectivity index (χ1n) is 7.90. The lowest BCUT2D eigenvalue weighted by Gasteiger charge is -2.28. The number of rotatable bonds is 7. The van der Waals surface area contributed by atoms with Gasteiger partial charge >= 0.3 is 6.09 Å². The number of carbonyl (C=O) groups is 1. The smallest absolute Gasteiger partial charge is 0.407 e. The molecule has 0 aromatic rings. The number of allylic oxidation sites excluding steroid dienone is 2. The van der Waals surface area contributed by atoms with Crippen molar-refractivity contribution in [3.63, 3.8) is 0 Å². The molecule has 5 heteroatoms. The first-order valence-corrected chi connectivity index (χ1v) is 7.90. The zero-order chi connectivity index (χ0) is 16.8. The van der Waals surface area contributed by atoms with Crippen molar-refractivity contribution in [3.8, 4) is 0 Å². The molecule has 1 rings (SSSR count). The highest BCUT2D eigenvalue weighted by atomic mass is 16.6. The minimum Gasteiger partial charge on any atom is -0.444 e. The molecule has 0 fully saturated rings. The number of alkyl carbamates (subject to hydrolysis) is 1. The minimum absolute atomic E-state index is 0.106. The number of hydrogen-bond donors (Lipinski definition) is 3. The fourth-order valence-electron chi connectivity index (χ4n) is 2.23. The Balaban J connectivity index is 2.16. The van der Waals surface area contributed by atoms with Gasteiger partial charge in [-0.15, -0.1) is 0 Å². The van der Waals surface area contributed by atoms with Crippen molar-refractivity contribution in [1.29, 1.82) is 0 Å². The molecule has 0 saturated carbocycles.